The molecule has 0 saturated carbocycles. The van der Waals surface area contributed by atoms with Crippen LogP contribution in [0.3, 0.4) is 0 Å². The Bertz CT molecular complexity index is 710. The Hall–Kier alpha value is -2.61. The van der Waals surface area contributed by atoms with E-state index in [9.17, 15) is 14.4 Å². The van der Waals surface area contributed by atoms with Crippen molar-refractivity contribution in [2.45, 2.75) is 12.8 Å². The van der Waals surface area contributed by atoms with E-state index in [-0.39, 0.29) is 5.91 Å². The van der Waals surface area contributed by atoms with Crippen LogP contribution in [0.1, 0.15) is 12.0 Å². The van der Waals surface area contributed by atoms with Crippen LogP contribution in [0.15, 0.2) is 24.3 Å². The first-order valence-electron chi connectivity index (χ1n) is 9.65. The molecule has 0 atom stereocenters. The molecule has 28 heavy (non-hydrogen) atoms. The fraction of sp³-hybridized carbons (Fsp3) is 0.550. The number of hydrogen-bond donors (Lipinski definition) is 0. The molecule has 0 aromatic heterocycles. The molecule has 0 aliphatic carbocycles. The summed E-state index contributed by atoms with van der Waals surface area (Å²) >= 11 is 0. The number of nitrogens with zero attached hydrogens (tertiary/aromatic N) is 3. The van der Waals surface area contributed by atoms with Gasteiger partial charge in [-0.1, -0.05) is 18.2 Å². The lowest BCUT2D eigenvalue weighted by atomic mass is 10.1. The maximum atomic E-state index is 12.5. The van der Waals surface area contributed by atoms with Crippen molar-refractivity contribution in [3.63, 3.8) is 0 Å². The molecule has 0 radical (unpaired) electrons. The van der Waals surface area contributed by atoms with Crippen LogP contribution in [-0.2, 0) is 25.5 Å². The largest absolute Gasteiger partial charge is 0.496 e. The smallest absolute Gasteiger partial charge is 0.312 e. The van der Waals surface area contributed by atoms with Crippen LogP contribution in [-0.4, -0.2) is 92.0 Å². The molecule has 0 N–H and O–H groups in total. The first kappa shape index (κ1) is 20.1. The van der Waals surface area contributed by atoms with Crippen LogP contribution in [0.2, 0.25) is 0 Å². The Morgan fingerprint density at radius 3 is 2.11 bits per heavy atom. The Balaban J connectivity index is 1.46. The van der Waals surface area contributed by atoms with Crippen molar-refractivity contribution < 1.29 is 23.9 Å². The van der Waals surface area contributed by atoms with E-state index in [4.69, 9.17) is 9.47 Å². The predicted octanol–water partition coefficient (Wildman–Crippen LogP) is 0.157. The Labute approximate surface area is 165 Å². The van der Waals surface area contributed by atoms with Gasteiger partial charge in [0.1, 0.15) is 5.75 Å². The van der Waals surface area contributed by atoms with Crippen molar-refractivity contribution in [2.24, 2.45) is 0 Å². The fourth-order valence-corrected chi connectivity index (χ4v) is 3.51. The standard InChI is InChI=1S/C20H27N3O5/c1-27-17-5-3-2-4-16(17)6-7-18(24)21-8-10-22(11-9-21)19(25)20(26)23-12-14-28-15-13-23/h2-5H,6-15H2,1H3. The molecule has 2 saturated heterocycles. The van der Waals surface area contributed by atoms with Crippen LogP contribution in [0, 0.1) is 0 Å². The van der Waals surface area contributed by atoms with Crippen LogP contribution in [0.5, 0.6) is 5.75 Å². The highest BCUT2D eigenvalue weighted by atomic mass is 16.5. The van der Waals surface area contributed by atoms with E-state index in [2.05, 4.69) is 0 Å². The lowest BCUT2D eigenvalue weighted by Gasteiger charge is -2.36. The van der Waals surface area contributed by atoms with Crippen LogP contribution < -0.4 is 4.74 Å². The molecule has 2 aliphatic rings. The number of aryl methyl sites for hydroxylation is 1. The molecule has 2 fully saturated rings. The van der Waals surface area contributed by atoms with Crippen molar-refractivity contribution in [3.8, 4) is 5.75 Å². The number of ether oxygens (including phenoxy) is 2. The summed E-state index contributed by atoms with van der Waals surface area (Å²) in [7, 11) is 1.62. The average Bonchev–Trinajstić information content (AvgIpc) is 2.77. The zero-order valence-electron chi connectivity index (χ0n) is 16.3. The van der Waals surface area contributed by atoms with Gasteiger partial charge < -0.3 is 24.2 Å². The lowest BCUT2D eigenvalue weighted by molar-refractivity contribution is -0.155. The van der Waals surface area contributed by atoms with Gasteiger partial charge in [0, 0.05) is 45.7 Å². The van der Waals surface area contributed by atoms with E-state index >= 15 is 0 Å². The number of para-hydroxylation sites is 1. The second-order valence-corrected chi connectivity index (χ2v) is 6.89. The van der Waals surface area contributed by atoms with E-state index in [0.29, 0.717) is 65.3 Å². The number of methoxy groups -OCH3 is 1. The molecule has 1 aromatic rings. The van der Waals surface area contributed by atoms with Gasteiger partial charge in [-0.25, -0.2) is 0 Å². The van der Waals surface area contributed by atoms with Gasteiger partial charge in [0.15, 0.2) is 0 Å². The van der Waals surface area contributed by atoms with Gasteiger partial charge in [-0.15, -0.1) is 0 Å². The number of morpholine rings is 1. The molecule has 2 aliphatic heterocycles. The summed E-state index contributed by atoms with van der Waals surface area (Å²) in [6.45, 7) is 3.50. The van der Waals surface area contributed by atoms with E-state index < -0.39 is 11.8 Å². The summed E-state index contributed by atoms with van der Waals surface area (Å²) in [5, 5.41) is 0. The second-order valence-electron chi connectivity index (χ2n) is 6.89. The number of carbonyl (C=O) groups excluding carboxylic acids is 3. The Morgan fingerprint density at radius 2 is 1.46 bits per heavy atom. The zero-order valence-corrected chi connectivity index (χ0v) is 16.3. The Kier molecular flexibility index (Phi) is 6.86. The van der Waals surface area contributed by atoms with Gasteiger partial charge in [-0.2, -0.15) is 0 Å². The summed E-state index contributed by atoms with van der Waals surface area (Å²) in [5.74, 6) is -0.118. The number of hydrogen-bond acceptors (Lipinski definition) is 5. The van der Waals surface area contributed by atoms with Crippen LogP contribution >= 0.6 is 0 Å². The van der Waals surface area contributed by atoms with Gasteiger partial charge >= 0.3 is 11.8 Å². The summed E-state index contributed by atoms with van der Waals surface area (Å²) in [4.78, 5) is 42.1. The van der Waals surface area contributed by atoms with Crippen LogP contribution in [0.25, 0.3) is 0 Å². The predicted molar refractivity (Wildman–Crippen MR) is 102 cm³/mol. The van der Waals surface area contributed by atoms with E-state index in [1.54, 1.807) is 16.9 Å². The summed E-state index contributed by atoms with van der Waals surface area (Å²) in [6, 6.07) is 7.67. The average molecular weight is 389 g/mol. The third-order valence-electron chi connectivity index (χ3n) is 5.20. The normalized spacial score (nSPS) is 17.4. The SMILES string of the molecule is COc1ccccc1CCC(=O)N1CCN(C(=O)C(=O)N2CCOCC2)CC1. The van der Waals surface area contributed by atoms with E-state index in [1.165, 1.54) is 4.90 Å². The molecule has 2 heterocycles. The van der Waals surface area contributed by atoms with Gasteiger partial charge in [-0.3, -0.25) is 14.4 Å². The second kappa shape index (κ2) is 9.54. The fourth-order valence-electron chi connectivity index (χ4n) is 3.51. The number of benzene rings is 1. The van der Waals surface area contributed by atoms with Crippen molar-refractivity contribution in [1.29, 1.82) is 0 Å². The lowest BCUT2D eigenvalue weighted by Crippen LogP contribution is -2.55. The number of piperazine rings is 1. The topological polar surface area (TPSA) is 79.4 Å². The van der Waals surface area contributed by atoms with Gasteiger partial charge in [-0.05, 0) is 18.1 Å². The molecule has 0 unspecified atom stereocenters. The number of carbonyl (C=O) groups is 3. The van der Waals surface area contributed by atoms with Crippen molar-refractivity contribution >= 4 is 17.7 Å². The Morgan fingerprint density at radius 1 is 0.893 bits per heavy atom. The van der Waals surface area contributed by atoms with Crippen molar-refractivity contribution in [3.05, 3.63) is 29.8 Å². The zero-order chi connectivity index (χ0) is 19.9. The minimum absolute atomic E-state index is 0.0533. The molecule has 1 aromatic carbocycles. The molecule has 152 valence electrons. The maximum Gasteiger partial charge on any atom is 0.312 e. The first-order valence-corrected chi connectivity index (χ1v) is 9.65. The highest BCUT2D eigenvalue weighted by molar-refractivity contribution is 6.34. The number of amides is 3. The summed E-state index contributed by atoms with van der Waals surface area (Å²) < 4.78 is 10.5. The minimum Gasteiger partial charge on any atom is -0.496 e. The summed E-state index contributed by atoms with van der Waals surface area (Å²) in [5.41, 5.74) is 1.00. The molecular formula is C20H27N3O5. The van der Waals surface area contributed by atoms with Gasteiger partial charge in [0.05, 0.1) is 20.3 Å². The highest BCUT2D eigenvalue weighted by Crippen LogP contribution is 2.19. The molecule has 3 amide bonds. The van der Waals surface area contributed by atoms with E-state index in [0.717, 1.165) is 11.3 Å². The monoisotopic (exact) mass is 389 g/mol. The van der Waals surface area contributed by atoms with Crippen LogP contribution in [0.4, 0.5) is 0 Å². The van der Waals surface area contributed by atoms with E-state index in [1.807, 2.05) is 24.3 Å². The molecule has 0 bridgehead atoms. The molecule has 3 rings (SSSR count). The highest BCUT2D eigenvalue weighted by Gasteiger charge is 2.31. The maximum absolute atomic E-state index is 12.5. The van der Waals surface area contributed by atoms with Crippen molar-refractivity contribution in [1.82, 2.24) is 14.7 Å². The number of rotatable bonds is 4. The quantitative estimate of drug-likeness (QED) is 0.686. The molecule has 8 heteroatoms. The van der Waals surface area contributed by atoms with Gasteiger partial charge in [0.2, 0.25) is 5.91 Å². The van der Waals surface area contributed by atoms with Gasteiger partial charge in [0.25, 0.3) is 0 Å². The third-order valence-corrected chi connectivity index (χ3v) is 5.20. The minimum atomic E-state index is -0.483. The molecule has 0 spiro atoms. The molecule has 8 nitrogen and oxygen atoms in total. The first-order chi connectivity index (χ1) is 13.6. The molecular weight excluding hydrogens is 362 g/mol. The third kappa shape index (κ3) is 4.81. The van der Waals surface area contributed by atoms with Crippen molar-refractivity contribution in [2.75, 3.05) is 59.6 Å². The summed E-state index contributed by atoms with van der Waals surface area (Å²) in [6.07, 6.45) is 0.999.